The van der Waals surface area contributed by atoms with Crippen molar-refractivity contribution in [3.8, 4) is 5.75 Å². The number of carbonyl (C=O) groups is 3. The van der Waals surface area contributed by atoms with E-state index < -0.39 is 18.0 Å². The van der Waals surface area contributed by atoms with Crippen molar-refractivity contribution in [2.45, 2.75) is 6.92 Å². The quantitative estimate of drug-likeness (QED) is 0.554. The SMILES string of the molecule is CCOC(=O)CN(C)C(=O)Nc1ccc(C(=O)O)cc1O. The van der Waals surface area contributed by atoms with Gasteiger partial charge in [-0.05, 0) is 25.1 Å². The average molecular weight is 296 g/mol. The Bertz CT molecular complexity index is 558. The number of aromatic hydroxyl groups is 1. The molecule has 21 heavy (non-hydrogen) atoms. The first-order valence-corrected chi connectivity index (χ1v) is 6.09. The van der Waals surface area contributed by atoms with Gasteiger partial charge in [0.15, 0.2) is 0 Å². The van der Waals surface area contributed by atoms with Crippen LogP contribution >= 0.6 is 0 Å². The Kier molecular flexibility index (Phi) is 5.53. The number of carboxylic acid groups (broad SMARTS) is 1. The van der Waals surface area contributed by atoms with Crippen LogP contribution in [0.25, 0.3) is 0 Å². The molecule has 114 valence electrons. The number of nitrogens with zero attached hydrogens (tertiary/aromatic N) is 1. The van der Waals surface area contributed by atoms with Gasteiger partial charge >= 0.3 is 18.0 Å². The van der Waals surface area contributed by atoms with Gasteiger partial charge in [-0.3, -0.25) is 4.79 Å². The Morgan fingerprint density at radius 1 is 1.33 bits per heavy atom. The summed E-state index contributed by atoms with van der Waals surface area (Å²) in [5.74, 6) is -2.13. The summed E-state index contributed by atoms with van der Waals surface area (Å²) in [5, 5.41) is 20.8. The monoisotopic (exact) mass is 296 g/mol. The van der Waals surface area contributed by atoms with Crippen molar-refractivity contribution in [3.05, 3.63) is 23.8 Å². The Labute approximate surface area is 120 Å². The molecule has 8 heteroatoms. The predicted octanol–water partition coefficient (Wildman–Crippen LogP) is 1.12. The number of phenols is 1. The van der Waals surface area contributed by atoms with E-state index in [0.29, 0.717) is 0 Å². The molecule has 8 nitrogen and oxygen atoms in total. The molecule has 0 saturated carbocycles. The molecule has 2 amide bonds. The van der Waals surface area contributed by atoms with Crippen molar-refractivity contribution in [3.63, 3.8) is 0 Å². The third-order valence-electron chi connectivity index (χ3n) is 2.50. The van der Waals surface area contributed by atoms with Crippen LogP contribution in [0.4, 0.5) is 10.5 Å². The molecule has 0 spiro atoms. The van der Waals surface area contributed by atoms with Crippen LogP contribution in [0.5, 0.6) is 5.75 Å². The smallest absolute Gasteiger partial charge is 0.335 e. The molecular weight excluding hydrogens is 280 g/mol. The number of urea groups is 1. The normalized spacial score (nSPS) is 9.81. The zero-order valence-electron chi connectivity index (χ0n) is 11.6. The Morgan fingerprint density at radius 2 is 2.00 bits per heavy atom. The molecule has 0 aliphatic rings. The summed E-state index contributed by atoms with van der Waals surface area (Å²) in [5.41, 5.74) is -0.0638. The molecule has 1 aromatic carbocycles. The molecule has 0 atom stereocenters. The number of carboxylic acids is 1. The largest absolute Gasteiger partial charge is 0.506 e. The van der Waals surface area contributed by atoms with Crippen LogP contribution in [0.3, 0.4) is 0 Å². The van der Waals surface area contributed by atoms with E-state index in [9.17, 15) is 19.5 Å². The number of anilines is 1. The summed E-state index contributed by atoms with van der Waals surface area (Å²) in [6.07, 6.45) is 0. The van der Waals surface area contributed by atoms with Gasteiger partial charge in [-0.1, -0.05) is 0 Å². The molecule has 0 saturated heterocycles. The van der Waals surface area contributed by atoms with Crippen LogP contribution in [-0.2, 0) is 9.53 Å². The second-order valence-corrected chi connectivity index (χ2v) is 4.13. The summed E-state index contributed by atoms with van der Waals surface area (Å²) in [7, 11) is 1.38. The fourth-order valence-corrected chi connectivity index (χ4v) is 1.45. The summed E-state index contributed by atoms with van der Waals surface area (Å²) in [6, 6.07) is 2.88. The van der Waals surface area contributed by atoms with Gasteiger partial charge in [0.1, 0.15) is 12.3 Å². The molecule has 0 heterocycles. The summed E-state index contributed by atoms with van der Waals surface area (Å²) >= 11 is 0. The molecular formula is C13H16N2O6. The fourth-order valence-electron chi connectivity index (χ4n) is 1.45. The van der Waals surface area contributed by atoms with Crippen molar-refractivity contribution in [2.24, 2.45) is 0 Å². The number of carbonyl (C=O) groups excluding carboxylic acids is 2. The molecule has 0 aliphatic carbocycles. The molecule has 0 aromatic heterocycles. The fraction of sp³-hybridized carbons (Fsp3) is 0.308. The highest BCUT2D eigenvalue weighted by Crippen LogP contribution is 2.24. The second kappa shape index (κ2) is 7.13. The molecule has 0 bridgehead atoms. The van der Waals surface area contributed by atoms with E-state index in [1.807, 2.05) is 0 Å². The van der Waals surface area contributed by atoms with Crippen LogP contribution in [0.1, 0.15) is 17.3 Å². The summed E-state index contributed by atoms with van der Waals surface area (Å²) in [6.45, 7) is 1.62. The molecule has 0 unspecified atom stereocenters. The number of hydrogen-bond donors (Lipinski definition) is 3. The number of likely N-dealkylation sites (N-methyl/N-ethyl adjacent to an activating group) is 1. The number of amides is 2. The van der Waals surface area contributed by atoms with E-state index in [4.69, 9.17) is 9.84 Å². The standard InChI is InChI=1S/C13H16N2O6/c1-3-21-11(17)7-15(2)13(20)14-9-5-4-8(12(18)19)6-10(9)16/h4-6,16H,3,7H2,1-2H3,(H,14,20)(H,18,19). The average Bonchev–Trinajstić information content (AvgIpc) is 2.40. The number of nitrogens with one attached hydrogen (secondary N) is 1. The molecule has 0 fully saturated rings. The summed E-state index contributed by atoms with van der Waals surface area (Å²) in [4.78, 5) is 34.8. The highest BCUT2D eigenvalue weighted by molar-refractivity contribution is 5.94. The van der Waals surface area contributed by atoms with E-state index in [1.54, 1.807) is 6.92 Å². The van der Waals surface area contributed by atoms with Gasteiger partial charge in [0.2, 0.25) is 0 Å². The van der Waals surface area contributed by atoms with Crippen LogP contribution in [0, 0.1) is 0 Å². The van der Waals surface area contributed by atoms with Crippen LogP contribution < -0.4 is 5.32 Å². The lowest BCUT2D eigenvalue weighted by atomic mass is 10.2. The van der Waals surface area contributed by atoms with Crippen LogP contribution in [0.15, 0.2) is 18.2 Å². The Morgan fingerprint density at radius 3 is 2.52 bits per heavy atom. The van der Waals surface area contributed by atoms with Crippen molar-refractivity contribution in [2.75, 3.05) is 25.5 Å². The van der Waals surface area contributed by atoms with Gasteiger partial charge in [-0.15, -0.1) is 0 Å². The molecule has 0 aliphatic heterocycles. The van der Waals surface area contributed by atoms with Gasteiger partial charge in [0, 0.05) is 7.05 Å². The van der Waals surface area contributed by atoms with Crippen molar-refractivity contribution >= 4 is 23.7 Å². The van der Waals surface area contributed by atoms with Crippen molar-refractivity contribution < 1.29 is 29.3 Å². The van der Waals surface area contributed by atoms with Crippen LogP contribution in [0.2, 0.25) is 0 Å². The number of esters is 1. The van der Waals surface area contributed by atoms with Gasteiger partial charge < -0.3 is 25.2 Å². The number of ether oxygens (including phenoxy) is 1. The number of rotatable bonds is 5. The number of phenolic OH excluding ortho intramolecular Hbond substituents is 1. The van der Waals surface area contributed by atoms with E-state index in [2.05, 4.69) is 5.32 Å². The van der Waals surface area contributed by atoms with Gasteiger partial charge in [0.05, 0.1) is 17.9 Å². The van der Waals surface area contributed by atoms with Gasteiger partial charge in [-0.2, -0.15) is 0 Å². The number of hydrogen-bond acceptors (Lipinski definition) is 5. The zero-order valence-corrected chi connectivity index (χ0v) is 11.6. The minimum atomic E-state index is -1.19. The highest BCUT2D eigenvalue weighted by atomic mass is 16.5. The lowest BCUT2D eigenvalue weighted by Gasteiger charge is -2.17. The van der Waals surface area contributed by atoms with Crippen LogP contribution in [-0.4, -0.2) is 53.3 Å². The van der Waals surface area contributed by atoms with E-state index in [1.165, 1.54) is 19.2 Å². The van der Waals surface area contributed by atoms with Gasteiger partial charge in [-0.25, -0.2) is 9.59 Å². The minimum absolute atomic E-state index is 0.0423. The Hall–Kier alpha value is -2.77. The lowest BCUT2D eigenvalue weighted by molar-refractivity contribution is -0.143. The lowest BCUT2D eigenvalue weighted by Crippen LogP contribution is -2.36. The van der Waals surface area contributed by atoms with Gasteiger partial charge in [0.25, 0.3) is 0 Å². The van der Waals surface area contributed by atoms with E-state index >= 15 is 0 Å². The highest BCUT2D eigenvalue weighted by Gasteiger charge is 2.15. The number of benzene rings is 1. The minimum Gasteiger partial charge on any atom is -0.506 e. The summed E-state index contributed by atoms with van der Waals surface area (Å²) < 4.78 is 4.70. The predicted molar refractivity (Wildman–Crippen MR) is 73.3 cm³/mol. The maximum Gasteiger partial charge on any atom is 0.335 e. The Balaban J connectivity index is 2.70. The second-order valence-electron chi connectivity index (χ2n) is 4.13. The first-order valence-electron chi connectivity index (χ1n) is 6.09. The third kappa shape index (κ3) is 4.68. The molecule has 1 aromatic rings. The number of aromatic carboxylic acids is 1. The van der Waals surface area contributed by atoms with Crippen molar-refractivity contribution in [1.82, 2.24) is 4.90 Å². The maximum atomic E-state index is 11.8. The first-order chi connectivity index (χ1) is 9.85. The van der Waals surface area contributed by atoms with E-state index in [0.717, 1.165) is 11.0 Å². The van der Waals surface area contributed by atoms with E-state index in [-0.39, 0.29) is 30.2 Å². The first kappa shape index (κ1) is 16.3. The molecule has 0 radical (unpaired) electrons. The maximum absolute atomic E-state index is 11.8. The topological polar surface area (TPSA) is 116 Å². The molecule has 1 rings (SSSR count). The zero-order chi connectivity index (χ0) is 16.0. The third-order valence-corrected chi connectivity index (χ3v) is 2.50. The molecule has 3 N–H and O–H groups in total. The van der Waals surface area contributed by atoms with Crippen molar-refractivity contribution in [1.29, 1.82) is 0 Å².